The molecule has 2 fully saturated rings. The Bertz CT molecular complexity index is 185. The number of carboxylic acids is 1. The van der Waals surface area contributed by atoms with Crippen LogP contribution in [0.5, 0.6) is 0 Å². The predicted molar refractivity (Wildman–Crippen MR) is 42.9 cm³/mol. The Labute approximate surface area is 71.6 Å². The van der Waals surface area contributed by atoms with Crippen LogP contribution in [0.3, 0.4) is 0 Å². The molecule has 0 amide bonds. The van der Waals surface area contributed by atoms with E-state index >= 15 is 0 Å². The number of carboxylic acid groups (broad SMARTS) is 1. The van der Waals surface area contributed by atoms with Crippen LogP contribution in [0.15, 0.2) is 0 Å². The van der Waals surface area contributed by atoms with E-state index in [1.165, 1.54) is 0 Å². The van der Waals surface area contributed by atoms with E-state index in [2.05, 4.69) is 5.32 Å². The highest BCUT2D eigenvalue weighted by molar-refractivity contribution is 5.85. The van der Waals surface area contributed by atoms with Crippen LogP contribution in [0, 0.1) is 11.3 Å². The molecule has 1 aliphatic carbocycles. The fourth-order valence-corrected chi connectivity index (χ4v) is 1.90. The Balaban J connectivity index is 0.000000605. The number of carbonyl (C=O) groups is 1. The number of hydrogen-bond acceptors (Lipinski definition) is 2. The van der Waals surface area contributed by atoms with Gasteiger partial charge in [0.1, 0.15) is 0 Å². The van der Waals surface area contributed by atoms with Crippen LogP contribution in [0.1, 0.15) is 12.8 Å². The average molecular weight is 178 g/mol. The molecule has 0 aromatic heterocycles. The fourth-order valence-electron chi connectivity index (χ4n) is 1.90. The van der Waals surface area contributed by atoms with E-state index in [9.17, 15) is 4.79 Å². The smallest absolute Gasteiger partial charge is 0.311 e. The summed E-state index contributed by atoms with van der Waals surface area (Å²) < 4.78 is 0. The van der Waals surface area contributed by atoms with Crippen molar-refractivity contribution in [2.24, 2.45) is 11.3 Å². The molecule has 0 bridgehead atoms. The van der Waals surface area contributed by atoms with Crippen molar-refractivity contribution < 1.29 is 9.90 Å². The lowest BCUT2D eigenvalue weighted by molar-refractivity contribution is -0.144. The molecular formula is C7H12ClNO2. The maximum absolute atomic E-state index is 10.7. The van der Waals surface area contributed by atoms with Crippen LogP contribution in [0.2, 0.25) is 0 Å². The van der Waals surface area contributed by atoms with Crippen LogP contribution in [-0.2, 0) is 4.79 Å². The molecule has 1 saturated heterocycles. The molecule has 3 nitrogen and oxygen atoms in total. The van der Waals surface area contributed by atoms with Gasteiger partial charge in [0, 0.05) is 6.54 Å². The van der Waals surface area contributed by atoms with Crippen LogP contribution in [0.25, 0.3) is 0 Å². The average Bonchev–Trinajstić information content (AvgIpc) is 2.61. The number of piperidine rings is 1. The van der Waals surface area contributed by atoms with E-state index in [0.717, 1.165) is 19.4 Å². The van der Waals surface area contributed by atoms with Gasteiger partial charge in [-0.25, -0.2) is 0 Å². The Morgan fingerprint density at radius 2 is 2.36 bits per heavy atom. The number of fused-ring (bicyclic) bond motifs is 1. The Kier molecular flexibility index (Phi) is 2.12. The highest BCUT2D eigenvalue weighted by Gasteiger charge is 2.60. The van der Waals surface area contributed by atoms with E-state index in [0.29, 0.717) is 12.5 Å². The lowest BCUT2D eigenvalue weighted by Gasteiger charge is -2.18. The van der Waals surface area contributed by atoms with E-state index in [1.54, 1.807) is 0 Å². The van der Waals surface area contributed by atoms with Crippen LogP contribution in [0.4, 0.5) is 0 Å². The molecule has 0 aromatic rings. The van der Waals surface area contributed by atoms with Gasteiger partial charge in [-0.3, -0.25) is 4.79 Å². The number of halogens is 1. The van der Waals surface area contributed by atoms with Crippen molar-refractivity contribution >= 4 is 18.4 Å². The summed E-state index contributed by atoms with van der Waals surface area (Å²) in [7, 11) is 0. The predicted octanol–water partition coefficient (Wildman–Crippen LogP) is 0.492. The van der Waals surface area contributed by atoms with Crippen molar-refractivity contribution in [3.05, 3.63) is 0 Å². The van der Waals surface area contributed by atoms with Crippen molar-refractivity contribution in [2.75, 3.05) is 13.1 Å². The normalized spacial score (nSPS) is 40.2. The molecule has 2 unspecified atom stereocenters. The maximum Gasteiger partial charge on any atom is 0.311 e. The highest BCUT2D eigenvalue weighted by atomic mass is 35.5. The first kappa shape index (κ1) is 8.81. The van der Waals surface area contributed by atoms with E-state index in [1.807, 2.05) is 0 Å². The molecule has 1 saturated carbocycles. The van der Waals surface area contributed by atoms with Gasteiger partial charge in [0.25, 0.3) is 0 Å². The molecule has 2 rings (SSSR count). The lowest BCUT2D eigenvalue weighted by atomic mass is 9.99. The number of rotatable bonds is 1. The Hall–Kier alpha value is -0.280. The summed E-state index contributed by atoms with van der Waals surface area (Å²) in [5.74, 6) is -0.129. The quantitative estimate of drug-likeness (QED) is 0.613. The second kappa shape index (κ2) is 2.64. The molecule has 0 aromatic carbocycles. The summed E-state index contributed by atoms with van der Waals surface area (Å²) in [4.78, 5) is 10.7. The highest BCUT2D eigenvalue weighted by Crippen LogP contribution is 2.55. The third kappa shape index (κ3) is 1.12. The summed E-state index contributed by atoms with van der Waals surface area (Å²) in [6, 6.07) is 0. The Morgan fingerprint density at radius 3 is 2.82 bits per heavy atom. The molecule has 2 aliphatic rings. The molecule has 1 aliphatic heterocycles. The minimum absolute atomic E-state index is 0. The molecular weight excluding hydrogens is 166 g/mol. The van der Waals surface area contributed by atoms with Crippen molar-refractivity contribution in [3.8, 4) is 0 Å². The summed E-state index contributed by atoms with van der Waals surface area (Å²) in [6.45, 7) is 1.69. The molecule has 4 heteroatoms. The molecule has 1 heterocycles. The fraction of sp³-hybridized carbons (Fsp3) is 0.857. The van der Waals surface area contributed by atoms with Crippen molar-refractivity contribution in [1.29, 1.82) is 0 Å². The van der Waals surface area contributed by atoms with E-state index < -0.39 is 5.97 Å². The molecule has 0 radical (unpaired) electrons. The topological polar surface area (TPSA) is 49.3 Å². The van der Waals surface area contributed by atoms with Crippen molar-refractivity contribution in [2.45, 2.75) is 12.8 Å². The third-order valence-electron chi connectivity index (χ3n) is 2.77. The standard InChI is InChI=1S/C7H11NO2.ClH/c9-6(10)7-3-5(7)1-2-8-4-7;/h5,8H,1-4H2,(H,9,10);1H. The molecule has 11 heavy (non-hydrogen) atoms. The van der Waals surface area contributed by atoms with Gasteiger partial charge in [-0.05, 0) is 25.3 Å². The first-order valence-corrected chi connectivity index (χ1v) is 3.70. The van der Waals surface area contributed by atoms with Crippen LogP contribution < -0.4 is 5.32 Å². The first-order chi connectivity index (χ1) is 4.76. The van der Waals surface area contributed by atoms with Gasteiger partial charge in [0.2, 0.25) is 0 Å². The second-order valence-electron chi connectivity index (χ2n) is 3.33. The monoisotopic (exact) mass is 177 g/mol. The van der Waals surface area contributed by atoms with Crippen LogP contribution in [-0.4, -0.2) is 24.2 Å². The number of hydrogen-bond donors (Lipinski definition) is 2. The Morgan fingerprint density at radius 1 is 1.64 bits per heavy atom. The minimum atomic E-state index is -0.607. The van der Waals surface area contributed by atoms with Gasteiger partial charge in [-0.15, -0.1) is 12.4 Å². The third-order valence-corrected chi connectivity index (χ3v) is 2.77. The van der Waals surface area contributed by atoms with Crippen molar-refractivity contribution in [1.82, 2.24) is 5.32 Å². The van der Waals surface area contributed by atoms with E-state index in [4.69, 9.17) is 5.11 Å². The zero-order valence-electron chi connectivity index (χ0n) is 6.17. The molecule has 2 N–H and O–H groups in total. The van der Waals surface area contributed by atoms with Gasteiger partial charge in [0.15, 0.2) is 0 Å². The summed E-state index contributed by atoms with van der Waals surface area (Å²) in [6.07, 6.45) is 1.95. The van der Waals surface area contributed by atoms with Gasteiger partial charge in [-0.2, -0.15) is 0 Å². The largest absolute Gasteiger partial charge is 0.481 e. The van der Waals surface area contributed by atoms with E-state index in [-0.39, 0.29) is 17.8 Å². The number of nitrogens with one attached hydrogen (secondary N) is 1. The second-order valence-corrected chi connectivity index (χ2v) is 3.33. The zero-order chi connectivity index (χ0) is 7.19. The minimum Gasteiger partial charge on any atom is -0.481 e. The van der Waals surface area contributed by atoms with Gasteiger partial charge in [-0.1, -0.05) is 0 Å². The maximum atomic E-state index is 10.7. The SMILES string of the molecule is Cl.O=C(O)C12CNCCC1C2. The lowest BCUT2D eigenvalue weighted by Crippen LogP contribution is -2.36. The summed E-state index contributed by atoms with van der Waals surface area (Å²) >= 11 is 0. The van der Waals surface area contributed by atoms with Gasteiger partial charge < -0.3 is 10.4 Å². The number of aliphatic carboxylic acids is 1. The summed E-state index contributed by atoms with van der Waals surface area (Å²) in [5, 5.41) is 11.9. The van der Waals surface area contributed by atoms with Crippen molar-refractivity contribution in [3.63, 3.8) is 0 Å². The molecule has 0 spiro atoms. The summed E-state index contributed by atoms with van der Waals surface area (Å²) in [5.41, 5.74) is -0.349. The molecule has 2 atom stereocenters. The molecule has 64 valence electrons. The zero-order valence-corrected chi connectivity index (χ0v) is 6.99. The van der Waals surface area contributed by atoms with Gasteiger partial charge >= 0.3 is 5.97 Å². The van der Waals surface area contributed by atoms with Crippen LogP contribution >= 0.6 is 12.4 Å². The first-order valence-electron chi connectivity index (χ1n) is 3.70. The van der Waals surface area contributed by atoms with Gasteiger partial charge in [0.05, 0.1) is 5.41 Å².